The van der Waals surface area contributed by atoms with Gasteiger partial charge in [-0.25, -0.2) is 0 Å². The third kappa shape index (κ3) is 5.63. The fraction of sp³-hybridized carbons (Fsp3) is 0.294. The zero-order chi connectivity index (χ0) is 15.8. The topological polar surface area (TPSA) is 77.2 Å². The highest BCUT2D eigenvalue weighted by Crippen LogP contribution is 2.10. The van der Waals surface area contributed by atoms with E-state index >= 15 is 0 Å². The largest absolute Gasteiger partial charge is 0.377 e. The summed E-state index contributed by atoms with van der Waals surface area (Å²) in [6, 6.07) is 11.3. The van der Waals surface area contributed by atoms with Crippen LogP contribution in [0.25, 0.3) is 0 Å². The summed E-state index contributed by atoms with van der Waals surface area (Å²) < 4.78 is 5.45. The molecule has 1 aromatic heterocycles. The molecule has 0 saturated carbocycles. The van der Waals surface area contributed by atoms with E-state index in [1.165, 1.54) is 0 Å². The fourth-order valence-electron chi connectivity index (χ4n) is 2.09. The van der Waals surface area contributed by atoms with Crippen LogP contribution in [-0.4, -0.2) is 17.5 Å². The maximum Gasteiger partial charge on any atom is 0.251 e. The fourth-order valence-corrected chi connectivity index (χ4v) is 2.09. The number of rotatable bonds is 7. The average Bonchev–Trinajstić information content (AvgIpc) is 2.58. The van der Waals surface area contributed by atoms with Crippen LogP contribution in [0.5, 0.6) is 0 Å². The van der Waals surface area contributed by atoms with Gasteiger partial charge in [-0.2, -0.15) is 0 Å². The Morgan fingerprint density at radius 3 is 2.70 bits per heavy atom. The molecule has 1 amide bonds. The van der Waals surface area contributed by atoms with Gasteiger partial charge in [0.05, 0.1) is 12.3 Å². The minimum Gasteiger partial charge on any atom is -0.377 e. The molecule has 0 spiro atoms. The number of amides is 1. The molecule has 0 aliphatic heterocycles. The molecule has 6 heteroatoms. The van der Waals surface area contributed by atoms with E-state index in [0.29, 0.717) is 37.6 Å². The minimum absolute atomic E-state index is 0. The number of nitrogens with zero attached hydrogens (tertiary/aromatic N) is 1. The molecule has 0 atom stereocenters. The molecule has 0 unspecified atom stereocenters. The van der Waals surface area contributed by atoms with E-state index < -0.39 is 0 Å². The number of hydrogen-bond donors (Lipinski definition) is 2. The predicted molar refractivity (Wildman–Crippen MR) is 92.3 cm³/mol. The van der Waals surface area contributed by atoms with Gasteiger partial charge in [-0.3, -0.25) is 9.78 Å². The number of nitrogens with one attached hydrogen (secondary N) is 1. The van der Waals surface area contributed by atoms with Gasteiger partial charge in [0, 0.05) is 31.5 Å². The second-order valence-corrected chi connectivity index (χ2v) is 4.83. The molecule has 0 radical (unpaired) electrons. The number of aromatic nitrogens is 1. The number of pyridine rings is 1. The van der Waals surface area contributed by atoms with E-state index in [2.05, 4.69) is 10.3 Å². The molecule has 3 N–H and O–H groups in total. The smallest absolute Gasteiger partial charge is 0.251 e. The van der Waals surface area contributed by atoms with Crippen molar-refractivity contribution in [1.29, 1.82) is 0 Å². The van der Waals surface area contributed by atoms with E-state index in [1.54, 1.807) is 18.3 Å². The summed E-state index contributed by atoms with van der Waals surface area (Å²) in [6.45, 7) is 3.96. The van der Waals surface area contributed by atoms with Gasteiger partial charge in [0.2, 0.25) is 0 Å². The van der Waals surface area contributed by atoms with Gasteiger partial charge in [0.15, 0.2) is 0 Å². The summed E-state index contributed by atoms with van der Waals surface area (Å²) in [5.74, 6) is -0.136. The molecule has 0 bridgehead atoms. The molecule has 0 aliphatic carbocycles. The Hall–Kier alpha value is -1.95. The first-order valence-corrected chi connectivity index (χ1v) is 7.32. The van der Waals surface area contributed by atoms with Crippen LogP contribution in [0.15, 0.2) is 42.6 Å². The molecule has 2 aromatic rings. The van der Waals surface area contributed by atoms with Crippen LogP contribution in [0.2, 0.25) is 0 Å². The van der Waals surface area contributed by atoms with Gasteiger partial charge in [0.1, 0.15) is 0 Å². The van der Waals surface area contributed by atoms with Crippen LogP contribution in [0.3, 0.4) is 0 Å². The van der Waals surface area contributed by atoms with E-state index in [-0.39, 0.29) is 18.3 Å². The summed E-state index contributed by atoms with van der Waals surface area (Å²) in [7, 11) is 0. The van der Waals surface area contributed by atoms with Crippen LogP contribution in [0.1, 0.15) is 34.1 Å². The Bertz CT molecular complexity index is 635. The first-order valence-electron chi connectivity index (χ1n) is 7.32. The Kier molecular flexibility index (Phi) is 8.26. The van der Waals surface area contributed by atoms with Crippen LogP contribution in [-0.2, 0) is 24.4 Å². The van der Waals surface area contributed by atoms with Gasteiger partial charge in [-0.1, -0.05) is 24.3 Å². The number of carbonyl (C=O) groups excluding carboxylic acids is 1. The molecule has 2 rings (SSSR count). The average molecular weight is 336 g/mol. The number of benzene rings is 1. The van der Waals surface area contributed by atoms with Gasteiger partial charge in [-0.05, 0) is 30.2 Å². The Labute approximate surface area is 142 Å². The maximum absolute atomic E-state index is 12.2. The zero-order valence-corrected chi connectivity index (χ0v) is 13.9. The molecule has 5 nitrogen and oxygen atoms in total. The number of halogens is 1. The van der Waals surface area contributed by atoms with Crippen molar-refractivity contribution in [2.45, 2.75) is 26.6 Å². The normalized spacial score (nSPS) is 10.0. The van der Waals surface area contributed by atoms with E-state index in [1.807, 2.05) is 31.2 Å². The van der Waals surface area contributed by atoms with Crippen LogP contribution in [0.4, 0.5) is 0 Å². The van der Waals surface area contributed by atoms with Crippen molar-refractivity contribution >= 4 is 18.3 Å². The lowest BCUT2D eigenvalue weighted by Gasteiger charge is -2.11. The number of carbonyl (C=O) groups is 1. The molecule has 0 fully saturated rings. The van der Waals surface area contributed by atoms with Crippen LogP contribution >= 0.6 is 12.4 Å². The van der Waals surface area contributed by atoms with Crippen molar-refractivity contribution < 1.29 is 9.53 Å². The molecular weight excluding hydrogens is 314 g/mol. The van der Waals surface area contributed by atoms with Crippen molar-refractivity contribution in [2.75, 3.05) is 6.61 Å². The third-order valence-corrected chi connectivity index (χ3v) is 3.31. The van der Waals surface area contributed by atoms with Gasteiger partial charge >= 0.3 is 0 Å². The lowest BCUT2D eigenvalue weighted by molar-refractivity contribution is 0.0949. The summed E-state index contributed by atoms with van der Waals surface area (Å²) >= 11 is 0. The standard InChI is InChI=1S/C17H21N3O2.ClH/c1-2-22-12-15-6-4-3-5-14(15)11-20-17(21)13-7-8-19-16(9-13)10-18;/h3-9H,2,10-12,18H2,1H3,(H,20,21);1H. The zero-order valence-electron chi connectivity index (χ0n) is 13.1. The molecule has 1 heterocycles. The van der Waals surface area contributed by atoms with Crippen LogP contribution < -0.4 is 11.1 Å². The molecule has 23 heavy (non-hydrogen) atoms. The monoisotopic (exact) mass is 335 g/mol. The molecule has 0 aliphatic rings. The number of nitrogens with two attached hydrogens (primary N) is 1. The second kappa shape index (κ2) is 9.94. The quantitative estimate of drug-likeness (QED) is 0.814. The first-order chi connectivity index (χ1) is 10.7. The first kappa shape index (κ1) is 19.1. The lowest BCUT2D eigenvalue weighted by Crippen LogP contribution is -2.23. The van der Waals surface area contributed by atoms with Crippen molar-refractivity contribution in [3.63, 3.8) is 0 Å². The predicted octanol–water partition coefficient (Wildman–Crippen LogP) is 2.43. The van der Waals surface area contributed by atoms with Crippen molar-refractivity contribution in [1.82, 2.24) is 10.3 Å². The SMILES string of the molecule is CCOCc1ccccc1CNC(=O)c1ccnc(CN)c1.Cl. The summed E-state index contributed by atoms with van der Waals surface area (Å²) in [5.41, 5.74) is 8.95. The minimum atomic E-state index is -0.136. The highest BCUT2D eigenvalue weighted by molar-refractivity contribution is 5.94. The highest BCUT2D eigenvalue weighted by atomic mass is 35.5. The Balaban J connectivity index is 0.00000264. The van der Waals surface area contributed by atoms with Gasteiger partial charge in [0.25, 0.3) is 5.91 Å². The van der Waals surface area contributed by atoms with E-state index in [9.17, 15) is 4.79 Å². The van der Waals surface area contributed by atoms with Gasteiger partial charge < -0.3 is 15.8 Å². The molecule has 1 aromatic carbocycles. The summed E-state index contributed by atoms with van der Waals surface area (Å²) in [5, 5.41) is 2.92. The van der Waals surface area contributed by atoms with E-state index in [4.69, 9.17) is 10.5 Å². The summed E-state index contributed by atoms with van der Waals surface area (Å²) in [4.78, 5) is 16.3. The maximum atomic E-state index is 12.2. The molecule has 0 saturated heterocycles. The highest BCUT2D eigenvalue weighted by Gasteiger charge is 2.08. The summed E-state index contributed by atoms with van der Waals surface area (Å²) in [6.07, 6.45) is 1.60. The number of ether oxygens (including phenoxy) is 1. The van der Waals surface area contributed by atoms with Crippen molar-refractivity contribution in [3.8, 4) is 0 Å². The van der Waals surface area contributed by atoms with E-state index in [0.717, 1.165) is 11.1 Å². The van der Waals surface area contributed by atoms with Crippen LogP contribution in [0, 0.1) is 0 Å². The number of hydrogen-bond acceptors (Lipinski definition) is 4. The van der Waals surface area contributed by atoms with Crippen molar-refractivity contribution in [2.24, 2.45) is 5.73 Å². The van der Waals surface area contributed by atoms with Crippen molar-refractivity contribution in [3.05, 3.63) is 65.0 Å². The molecular formula is C17H22ClN3O2. The molecule has 124 valence electrons. The second-order valence-electron chi connectivity index (χ2n) is 4.83. The Morgan fingerprint density at radius 2 is 2.00 bits per heavy atom. The Morgan fingerprint density at radius 1 is 1.26 bits per heavy atom. The third-order valence-electron chi connectivity index (χ3n) is 3.31. The lowest BCUT2D eigenvalue weighted by atomic mass is 10.1. The van der Waals surface area contributed by atoms with Gasteiger partial charge in [-0.15, -0.1) is 12.4 Å².